The highest BCUT2D eigenvalue weighted by molar-refractivity contribution is 7.88. The van der Waals surface area contributed by atoms with Gasteiger partial charge in [0.05, 0.1) is 11.8 Å². The average Bonchev–Trinajstić information content (AvgIpc) is 3.21. The first-order valence-electron chi connectivity index (χ1n) is 8.91. The lowest BCUT2D eigenvalue weighted by Crippen LogP contribution is -2.45. The van der Waals surface area contributed by atoms with Crippen LogP contribution in [-0.4, -0.2) is 55.1 Å². The second-order valence-electron chi connectivity index (χ2n) is 6.90. The van der Waals surface area contributed by atoms with E-state index in [1.807, 2.05) is 29.6 Å². The zero-order chi connectivity index (χ0) is 19.0. The molecule has 3 aromatic rings. The molecular weight excluding hydrogens is 380 g/mol. The topological polar surface area (TPSA) is 66.4 Å². The number of hydrogen-bond acceptors (Lipinski definition) is 6. The van der Waals surface area contributed by atoms with E-state index >= 15 is 0 Å². The van der Waals surface area contributed by atoms with Crippen molar-refractivity contribution in [2.75, 3.05) is 31.3 Å². The van der Waals surface area contributed by atoms with Gasteiger partial charge in [0.1, 0.15) is 5.82 Å². The van der Waals surface area contributed by atoms with Crippen molar-refractivity contribution >= 4 is 38.1 Å². The quantitative estimate of drug-likeness (QED) is 0.670. The second-order valence-corrected chi connectivity index (χ2v) is 9.72. The fourth-order valence-electron chi connectivity index (χ4n) is 3.53. The number of aromatic nitrogens is 2. The summed E-state index contributed by atoms with van der Waals surface area (Å²) in [5, 5.41) is 5.12. The molecule has 3 heterocycles. The molecule has 0 saturated carbocycles. The SMILES string of the molecule is CN(C1CCN(c2nc(-c3ccsc3)nc3ccccc23)CC1)S(C)(=O)=O. The molecule has 0 bridgehead atoms. The number of fused-ring (bicyclic) bond motifs is 1. The summed E-state index contributed by atoms with van der Waals surface area (Å²) in [5.74, 6) is 1.67. The fourth-order valence-corrected chi connectivity index (χ4v) is 4.92. The van der Waals surface area contributed by atoms with Crippen LogP contribution in [0.15, 0.2) is 41.1 Å². The molecule has 0 unspecified atom stereocenters. The predicted molar refractivity (Wildman–Crippen MR) is 111 cm³/mol. The van der Waals surface area contributed by atoms with E-state index in [1.165, 1.54) is 10.6 Å². The highest BCUT2D eigenvalue weighted by atomic mass is 32.2. The Morgan fingerprint density at radius 2 is 1.89 bits per heavy atom. The second kappa shape index (κ2) is 7.18. The van der Waals surface area contributed by atoms with Gasteiger partial charge in [-0.25, -0.2) is 22.7 Å². The molecule has 0 radical (unpaired) electrons. The van der Waals surface area contributed by atoms with Crippen LogP contribution < -0.4 is 4.90 Å². The van der Waals surface area contributed by atoms with Crippen LogP contribution in [0.25, 0.3) is 22.3 Å². The normalized spacial score (nSPS) is 16.3. The highest BCUT2D eigenvalue weighted by Gasteiger charge is 2.28. The zero-order valence-corrected chi connectivity index (χ0v) is 17.0. The Hall–Kier alpha value is -2.03. The lowest BCUT2D eigenvalue weighted by Gasteiger charge is -2.36. The van der Waals surface area contributed by atoms with E-state index in [0.29, 0.717) is 0 Å². The Balaban J connectivity index is 1.66. The predicted octanol–water partition coefficient (Wildman–Crippen LogP) is 3.22. The van der Waals surface area contributed by atoms with Crippen molar-refractivity contribution in [2.45, 2.75) is 18.9 Å². The van der Waals surface area contributed by atoms with E-state index in [4.69, 9.17) is 9.97 Å². The maximum atomic E-state index is 11.8. The first kappa shape index (κ1) is 18.3. The van der Waals surface area contributed by atoms with Crippen LogP contribution in [0.5, 0.6) is 0 Å². The molecule has 0 amide bonds. The van der Waals surface area contributed by atoms with Crippen LogP contribution in [0.1, 0.15) is 12.8 Å². The smallest absolute Gasteiger partial charge is 0.211 e. The Bertz CT molecular complexity index is 1040. The van der Waals surface area contributed by atoms with Crippen molar-refractivity contribution in [3.63, 3.8) is 0 Å². The van der Waals surface area contributed by atoms with E-state index < -0.39 is 10.0 Å². The van der Waals surface area contributed by atoms with Crippen molar-refractivity contribution < 1.29 is 8.42 Å². The summed E-state index contributed by atoms with van der Waals surface area (Å²) in [7, 11) is -1.49. The summed E-state index contributed by atoms with van der Waals surface area (Å²) in [5.41, 5.74) is 1.96. The molecule has 1 saturated heterocycles. The summed E-state index contributed by atoms with van der Waals surface area (Å²) < 4.78 is 25.2. The van der Waals surface area contributed by atoms with Crippen molar-refractivity contribution in [1.82, 2.24) is 14.3 Å². The molecule has 27 heavy (non-hydrogen) atoms. The highest BCUT2D eigenvalue weighted by Crippen LogP contribution is 2.30. The number of anilines is 1. The van der Waals surface area contributed by atoms with Crippen LogP contribution >= 0.6 is 11.3 Å². The fraction of sp³-hybridized carbons (Fsp3) is 0.368. The van der Waals surface area contributed by atoms with Crippen molar-refractivity contribution in [2.24, 2.45) is 0 Å². The largest absolute Gasteiger partial charge is 0.356 e. The summed E-state index contributed by atoms with van der Waals surface area (Å²) in [4.78, 5) is 11.9. The molecule has 0 aliphatic carbocycles. The van der Waals surface area contributed by atoms with E-state index in [0.717, 1.165) is 54.0 Å². The number of benzene rings is 1. The minimum absolute atomic E-state index is 0.0423. The summed E-state index contributed by atoms with van der Waals surface area (Å²) >= 11 is 1.63. The third kappa shape index (κ3) is 3.69. The van der Waals surface area contributed by atoms with Gasteiger partial charge in [-0.05, 0) is 36.4 Å². The first-order valence-corrected chi connectivity index (χ1v) is 11.7. The molecule has 0 N–H and O–H groups in total. The molecule has 4 rings (SSSR count). The lowest BCUT2D eigenvalue weighted by atomic mass is 10.0. The van der Waals surface area contributed by atoms with Gasteiger partial charge in [-0.2, -0.15) is 11.3 Å². The van der Waals surface area contributed by atoms with Crippen molar-refractivity contribution in [3.05, 3.63) is 41.1 Å². The minimum atomic E-state index is -3.17. The number of piperidine rings is 1. The van der Waals surface area contributed by atoms with Crippen LogP contribution in [0, 0.1) is 0 Å². The molecule has 0 atom stereocenters. The van der Waals surface area contributed by atoms with Crippen LogP contribution in [0.4, 0.5) is 5.82 Å². The molecule has 2 aromatic heterocycles. The van der Waals surface area contributed by atoms with Crippen LogP contribution in [-0.2, 0) is 10.0 Å². The molecule has 1 aliphatic rings. The van der Waals surface area contributed by atoms with Crippen LogP contribution in [0.2, 0.25) is 0 Å². The first-order chi connectivity index (χ1) is 12.9. The summed E-state index contributed by atoms with van der Waals surface area (Å²) in [6, 6.07) is 10.1. The molecule has 0 spiro atoms. The molecule has 6 nitrogen and oxygen atoms in total. The third-order valence-electron chi connectivity index (χ3n) is 5.16. The van der Waals surface area contributed by atoms with E-state index in [2.05, 4.69) is 16.3 Å². The number of rotatable bonds is 4. The van der Waals surface area contributed by atoms with E-state index in [1.54, 1.807) is 18.4 Å². The van der Waals surface area contributed by atoms with Crippen molar-refractivity contribution in [1.29, 1.82) is 0 Å². The average molecular weight is 403 g/mol. The molecule has 142 valence electrons. The van der Waals surface area contributed by atoms with Gasteiger partial charge in [-0.15, -0.1) is 0 Å². The molecule has 1 aliphatic heterocycles. The zero-order valence-electron chi connectivity index (χ0n) is 15.4. The van der Waals surface area contributed by atoms with Gasteiger partial charge < -0.3 is 4.90 Å². The van der Waals surface area contributed by atoms with E-state index in [9.17, 15) is 8.42 Å². The summed E-state index contributed by atoms with van der Waals surface area (Å²) in [6.45, 7) is 1.54. The lowest BCUT2D eigenvalue weighted by molar-refractivity contribution is 0.313. The van der Waals surface area contributed by atoms with Gasteiger partial charge in [0.15, 0.2) is 5.82 Å². The monoisotopic (exact) mass is 402 g/mol. The molecule has 1 aromatic carbocycles. The van der Waals surface area contributed by atoms with Gasteiger partial charge in [0.25, 0.3) is 0 Å². The number of sulfonamides is 1. The van der Waals surface area contributed by atoms with Gasteiger partial charge in [0.2, 0.25) is 10.0 Å². The molecule has 1 fully saturated rings. The molecule has 8 heteroatoms. The maximum Gasteiger partial charge on any atom is 0.211 e. The standard InChI is InChI=1S/C19H22N4O2S2/c1-22(27(2,24)25)15-7-10-23(11-8-15)19-16-5-3-4-6-17(16)20-18(21-19)14-9-12-26-13-14/h3-6,9,12-13,15H,7-8,10-11H2,1-2H3. The number of thiophene rings is 1. The number of para-hydroxylation sites is 1. The number of hydrogen-bond donors (Lipinski definition) is 0. The van der Waals surface area contributed by atoms with Gasteiger partial charge >= 0.3 is 0 Å². The van der Waals surface area contributed by atoms with Crippen molar-refractivity contribution in [3.8, 4) is 11.4 Å². The van der Waals surface area contributed by atoms with Gasteiger partial charge in [-0.3, -0.25) is 0 Å². The Morgan fingerprint density at radius 3 is 2.56 bits per heavy atom. The number of nitrogens with zero attached hydrogens (tertiary/aromatic N) is 4. The summed E-state index contributed by atoms with van der Waals surface area (Å²) in [6.07, 6.45) is 2.84. The maximum absolute atomic E-state index is 11.8. The third-order valence-corrected chi connectivity index (χ3v) is 7.19. The van der Waals surface area contributed by atoms with Crippen LogP contribution in [0.3, 0.4) is 0 Å². The Kier molecular flexibility index (Phi) is 4.88. The Labute approximate surface area is 163 Å². The van der Waals surface area contributed by atoms with Gasteiger partial charge in [0, 0.05) is 42.5 Å². The molecular formula is C19H22N4O2S2. The Morgan fingerprint density at radius 1 is 1.15 bits per heavy atom. The van der Waals surface area contributed by atoms with Gasteiger partial charge in [-0.1, -0.05) is 12.1 Å². The minimum Gasteiger partial charge on any atom is -0.356 e. The van der Waals surface area contributed by atoms with E-state index in [-0.39, 0.29) is 6.04 Å².